The van der Waals surface area contributed by atoms with Crippen LogP contribution in [0.1, 0.15) is 48.1 Å². The number of hydrogen-bond donors (Lipinski definition) is 0. The van der Waals surface area contributed by atoms with E-state index >= 15 is 0 Å². The largest absolute Gasteiger partial charge is 0.491 e. The third-order valence-corrected chi connectivity index (χ3v) is 5.97. The second-order valence-corrected chi connectivity index (χ2v) is 8.54. The van der Waals surface area contributed by atoms with Crippen molar-refractivity contribution in [3.8, 4) is 5.75 Å². The highest BCUT2D eigenvalue weighted by Gasteiger charge is 2.23. The Labute approximate surface area is 197 Å². The zero-order valence-electron chi connectivity index (χ0n) is 18.0. The van der Waals surface area contributed by atoms with E-state index in [2.05, 4.69) is 4.90 Å². The highest BCUT2D eigenvalue weighted by atomic mass is 35.5. The zero-order chi connectivity index (χ0) is 22.5. The number of rotatable bonds is 8. The van der Waals surface area contributed by atoms with Crippen molar-refractivity contribution in [1.29, 1.82) is 0 Å². The lowest BCUT2D eigenvalue weighted by atomic mass is 10.1. The van der Waals surface area contributed by atoms with Gasteiger partial charge < -0.3 is 23.4 Å². The first-order chi connectivity index (χ1) is 15.5. The average molecular weight is 477 g/mol. The molecule has 2 aromatic heterocycles. The zero-order valence-corrected chi connectivity index (χ0v) is 19.5. The number of halogens is 2. The van der Waals surface area contributed by atoms with Crippen LogP contribution in [0.5, 0.6) is 5.75 Å². The molecular formula is C24H26Cl2N2O4. The van der Waals surface area contributed by atoms with E-state index in [1.165, 1.54) is 19.3 Å². The molecule has 0 bridgehead atoms. The van der Waals surface area contributed by atoms with Gasteiger partial charge in [0.05, 0.1) is 36.0 Å². The molecule has 3 aromatic rings. The Balaban J connectivity index is 1.57. The van der Waals surface area contributed by atoms with Crippen molar-refractivity contribution in [2.24, 2.45) is 0 Å². The molecule has 0 aliphatic carbocycles. The topological polar surface area (TPSA) is 59.1 Å². The van der Waals surface area contributed by atoms with Crippen molar-refractivity contribution in [2.75, 3.05) is 24.6 Å². The number of hydrogen-bond acceptors (Lipinski definition) is 5. The SMILES string of the molecule is CCOc1c(Cl)cc(C(=O)N(Cc2ccco2)Cc2ccc(N3CCCCC3)o2)cc1Cl. The van der Waals surface area contributed by atoms with Crippen LogP contribution in [0.4, 0.5) is 5.88 Å². The Morgan fingerprint density at radius 1 is 1.06 bits per heavy atom. The average Bonchev–Trinajstić information content (AvgIpc) is 3.48. The lowest BCUT2D eigenvalue weighted by Gasteiger charge is -2.26. The van der Waals surface area contributed by atoms with Gasteiger partial charge in [0.1, 0.15) is 11.5 Å². The molecule has 0 unspecified atom stereocenters. The van der Waals surface area contributed by atoms with Crippen molar-refractivity contribution in [3.05, 3.63) is 69.8 Å². The number of furan rings is 2. The van der Waals surface area contributed by atoms with Gasteiger partial charge in [-0.2, -0.15) is 0 Å². The van der Waals surface area contributed by atoms with Crippen molar-refractivity contribution in [3.63, 3.8) is 0 Å². The number of ether oxygens (including phenoxy) is 1. The second-order valence-electron chi connectivity index (χ2n) is 7.73. The maximum absolute atomic E-state index is 13.4. The molecule has 8 heteroatoms. The van der Waals surface area contributed by atoms with Gasteiger partial charge in [0.15, 0.2) is 11.6 Å². The van der Waals surface area contributed by atoms with Crippen LogP contribution in [-0.2, 0) is 13.1 Å². The number of piperidine rings is 1. The van der Waals surface area contributed by atoms with Gasteiger partial charge in [0, 0.05) is 24.7 Å². The first-order valence-corrected chi connectivity index (χ1v) is 11.6. The molecule has 1 aliphatic rings. The molecule has 0 spiro atoms. The molecule has 1 aliphatic heterocycles. The summed E-state index contributed by atoms with van der Waals surface area (Å²) in [6, 6.07) is 10.7. The van der Waals surface area contributed by atoms with Crippen molar-refractivity contribution in [1.82, 2.24) is 4.90 Å². The summed E-state index contributed by atoms with van der Waals surface area (Å²) in [5.41, 5.74) is 0.373. The normalized spacial score (nSPS) is 13.9. The molecule has 6 nitrogen and oxygen atoms in total. The molecular weight excluding hydrogens is 451 g/mol. The molecule has 32 heavy (non-hydrogen) atoms. The van der Waals surface area contributed by atoms with Crippen LogP contribution in [0.15, 0.2) is 51.5 Å². The summed E-state index contributed by atoms with van der Waals surface area (Å²) in [4.78, 5) is 17.3. The van der Waals surface area contributed by atoms with Gasteiger partial charge in [-0.25, -0.2) is 0 Å². The van der Waals surface area contributed by atoms with Gasteiger partial charge in [0.2, 0.25) is 0 Å². The van der Waals surface area contributed by atoms with E-state index in [1.54, 1.807) is 29.4 Å². The summed E-state index contributed by atoms with van der Waals surface area (Å²) in [5, 5.41) is 0.595. The molecule has 0 N–H and O–H groups in total. The number of benzene rings is 1. The maximum atomic E-state index is 13.4. The fourth-order valence-electron chi connectivity index (χ4n) is 3.86. The molecule has 0 radical (unpaired) electrons. The quantitative estimate of drug-likeness (QED) is 0.375. The van der Waals surface area contributed by atoms with Crippen LogP contribution in [-0.4, -0.2) is 30.5 Å². The fraction of sp³-hybridized carbons (Fsp3) is 0.375. The predicted octanol–water partition coefficient (Wildman–Crippen LogP) is 6.41. The summed E-state index contributed by atoms with van der Waals surface area (Å²) in [7, 11) is 0. The van der Waals surface area contributed by atoms with Crippen molar-refractivity contribution in [2.45, 2.75) is 39.3 Å². The third kappa shape index (κ3) is 5.25. The lowest BCUT2D eigenvalue weighted by Crippen LogP contribution is -2.30. The molecule has 0 saturated carbocycles. The lowest BCUT2D eigenvalue weighted by molar-refractivity contribution is 0.0705. The summed E-state index contributed by atoms with van der Waals surface area (Å²) >= 11 is 12.7. The molecule has 1 amide bonds. The third-order valence-electron chi connectivity index (χ3n) is 5.41. The van der Waals surface area contributed by atoms with E-state index in [-0.39, 0.29) is 19.0 Å². The summed E-state index contributed by atoms with van der Waals surface area (Å²) in [6.07, 6.45) is 5.17. The minimum absolute atomic E-state index is 0.232. The standard InChI is InChI=1S/C24H26Cl2N2O4/c1-2-30-23-20(25)13-17(14-21(23)26)24(29)28(15-18-7-6-12-31-18)16-19-8-9-22(32-19)27-10-4-3-5-11-27/h6-9,12-14H,2-5,10-11,15-16H2,1H3. The van der Waals surface area contributed by atoms with E-state index < -0.39 is 0 Å². The van der Waals surface area contributed by atoms with E-state index in [0.717, 1.165) is 19.0 Å². The van der Waals surface area contributed by atoms with Gasteiger partial charge >= 0.3 is 0 Å². The molecule has 3 heterocycles. The monoisotopic (exact) mass is 476 g/mol. The molecule has 170 valence electrons. The predicted molar refractivity (Wildman–Crippen MR) is 125 cm³/mol. The van der Waals surface area contributed by atoms with Gasteiger partial charge in [-0.05, 0) is 56.5 Å². The van der Waals surface area contributed by atoms with E-state index in [4.69, 9.17) is 36.8 Å². The van der Waals surface area contributed by atoms with Crippen molar-refractivity contribution >= 4 is 35.0 Å². The highest BCUT2D eigenvalue weighted by Crippen LogP contribution is 2.35. The van der Waals surface area contributed by atoms with Crippen LogP contribution >= 0.6 is 23.2 Å². The second kappa shape index (κ2) is 10.4. The smallest absolute Gasteiger partial charge is 0.254 e. The number of amides is 1. The van der Waals surface area contributed by atoms with Crippen LogP contribution in [0, 0.1) is 0 Å². The Bertz CT molecular complexity index is 1020. The Morgan fingerprint density at radius 3 is 2.44 bits per heavy atom. The first kappa shape index (κ1) is 22.6. The van der Waals surface area contributed by atoms with E-state index in [9.17, 15) is 4.79 Å². The van der Waals surface area contributed by atoms with E-state index in [0.29, 0.717) is 39.5 Å². The Morgan fingerprint density at radius 2 is 1.78 bits per heavy atom. The maximum Gasteiger partial charge on any atom is 0.254 e. The summed E-state index contributed by atoms with van der Waals surface area (Å²) < 4.78 is 17.0. The van der Waals surface area contributed by atoms with Crippen LogP contribution in [0.2, 0.25) is 10.0 Å². The summed E-state index contributed by atoms with van der Waals surface area (Å²) in [5.74, 6) is 2.36. The number of anilines is 1. The minimum atomic E-state index is -0.232. The van der Waals surface area contributed by atoms with Crippen molar-refractivity contribution < 1.29 is 18.4 Å². The fourth-order valence-corrected chi connectivity index (χ4v) is 4.46. The van der Waals surface area contributed by atoms with Crippen LogP contribution < -0.4 is 9.64 Å². The molecule has 1 aromatic carbocycles. The number of carbonyl (C=O) groups excluding carboxylic acids is 1. The van der Waals surface area contributed by atoms with Gasteiger partial charge in [-0.3, -0.25) is 4.79 Å². The molecule has 0 atom stereocenters. The van der Waals surface area contributed by atoms with Gasteiger partial charge in [-0.15, -0.1) is 0 Å². The first-order valence-electron chi connectivity index (χ1n) is 10.8. The van der Waals surface area contributed by atoms with Crippen LogP contribution in [0.3, 0.4) is 0 Å². The Hall–Kier alpha value is -2.57. The van der Waals surface area contributed by atoms with E-state index in [1.807, 2.05) is 25.1 Å². The summed E-state index contributed by atoms with van der Waals surface area (Å²) in [6.45, 7) is 4.83. The number of carbonyl (C=O) groups is 1. The molecule has 4 rings (SSSR count). The van der Waals surface area contributed by atoms with Gasteiger partial charge in [0.25, 0.3) is 5.91 Å². The van der Waals surface area contributed by atoms with Gasteiger partial charge in [-0.1, -0.05) is 23.2 Å². The Kier molecular flexibility index (Phi) is 7.33. The minimum Gasteiger partial charge on any atom is -0.491 e. The number of nitrogens with zero attached hydrogens (tertiary/aromatic N) is 2. The highest BCUT2D eigenvalue weighted by molar-refractivity contribution is 6.37. The molecule has 1 saturated heterocycles. The van der Waals surface area contributed by atoms with Crippen LogP contribution in [0.25, 0.3) is 0 Å². The molecule has 1 fully saturated rings.